The van der Waals surface area contributed by atoms with E-state index in [1.165, 1.54) is 18.1 Å². The number of thioether (sulfide) groups is 1. The first-order valence-corrected chi connectivity index (χ1v) is 9.31. The highest BCUT2D eigenvalue weighted by Crippen LogP contribution is 2.30. The largest absolute Gasteiger partial charge is 0.368 e. The molecule has 136 valence electrons. The van der Waals surface area contributed by atoms with Gasteiger partial charge in [-0.1, -0.05) is 36.9 Å². The number of H-pyrrole nitrogens is 1. The smallest absolute Gasteiger partial charge is 0.237 e. The molecule has 3 heterocycles. The number of nitrogens with one attached hydrogen (secondary N) is 2. The van der Waals surface area contributed by atoms with Crippen molar-refractivity contribution in [2.75, 3.05) is 11.1 Å². The van der Waals surface area contributed by atoms with Crippen LogP contribution in [-0.2, 0) is 4.79 Å². The second-order valence-electron chi connectivity index (χ2n) is 5.91. The lowest BCUT2D eigenvalue weighted by Crippen LogP contribution is -2.24. The first kappa shape index (κ1) is 17.2. The molecule has 1 aromatic carbocycles. The van der Waals surface area contributed by atoms with Crippen LogP contribution in [0.1, 0.15) is 13.3 Å². The maximum Gasteiger partial charge on any atom is 0.237 e. The molecule has 0 saturated carbocycles. The number of rotatable bonds is 5. The van der Waals surface area contributed by atoms with E-state index in [0.29, 0.717) is 28.3 Å². The molecule has 8 nitrogen and oxygen atoms in total. The summed E-state index contributed by atoms with van der Waals surface area (Å²) in [6.07, 6.45) is 3.81. The van der Waals surface area contributed by atoms with Crippen LogP contribution < -0.4 is 11.1 Å². The van der Waals surface area contributed by atoms with Crippen LogP contribution in [-0.4, -0.2) is 36.1 Å². The number of para-hydroxylation sites is 1. The van der Waals surface area contributed by atoms with E-state index in [9.17, 15) is 4.79 Å². The van der Waals surface area contributed by atoms with Crippen molar-refractivity contribution < 1.29 is 4.79 Å². The first-order chi connectivity index (χ1) is 13.1. The third kappa shape index (κ3) is 3.54. The fraction of sp³-hybridized carbons (Fsp3) is 0.167. The van der Waals surface area contributed by atoms with Crippen LogP contribution in [0.2, 0.25) is 0 Å². The van der Waals surface area contributed by atoms with Crippen LogP contribution in [0.15, 0.2) is 47.9 Å². The standard InChI is InChI=1S/C18H17N7OS/c1-2-13(27-17-14-15(22-9-21-14)24-18(19)25-17)16(26)23-11-7-10-5-3-4-6-12(10)20-8-11/h3-9,13H,2H2,1H3,(H,23,26)(H3,19,21,22,24,25)/t13-/m1/s1. The molecule has 0 radical (unpaired) electrons. The van der Waals surface area contributed by atoms with Gasteiger partial charge in [-0.15, -0.1) is 0 Å². The van der Waals surface area contributed by atoms with Gasteiger partial charge in [0.1, 0.15) is 10.5 Å². The first-order valence-electron chi connectivity index (χ1n) is 8.43. The number of hydrogen-bond acceptors (Lipinski definition) is 7. The van der Waals surface area contributed by atoms with Crippen molar-refractivity contribution in [1.82, 2.24) is 24.9 Å². The Morgan fingerprint density at radius 2 is 2.15 bits per heavy atom. The fourth-order valence-electron chi connectivity index (χ4n) is 2.73. The summed E-state index contributed by atoms with van der Waals surface area (Å²) in [7, 11) is 0. The van der Waals surface area contributed by atoms with E-state index in [2.05, 4.69) is 30.2 Å². The molecule has 0 aliphatic rings. The highest BCUT2D eigenvalue weighted by Gasteiger charge is 2.21. The molecule has 0 unspecified atom stereocenters. The predicted molar refractivity (Wildman–Crippen MR) is 106 cm³/mol. The Morgan fingerprint density at radius 1 is 1.30 bits per heavy atom. The average molecular weight is 379 g/mol. The molecule has 0 aliphatic heterocycles. The van der Waals surface area contributed by atoms with Crippen molar-refractivity contribution in [3.05, 3.63) is 42.9 Å². The van der Waals surface area contributed by atoms with Gasteiger partial charge in [-0.25, -0.2) is 9.97 Å². The zero-order valence-corrected chi connectivity index (χ0v) is 15.3. The molecule has 0 saturated heterocycles. The number of nitrogens with two attached hydrogens (primary N) is 1. The van der Waals surface area contributed by atoms with E-state index in [1.807, 2.05) is 37.3 Å². The van der Waals surface area contributed by atoms with Crippen molar-refractivity contribution in [3.63, 3.8) is 0 Å². The Hall–Kier alpha value is -3.20. The number of nitrogens with zero attached hydrogens (tertiary/aromatic N) is 4. The van der Waals surface area contributed by atoms with Gasteiger partial charge in [0.05, 0.1) is 29.0 Å². The summed E-state index contributed by atoms with van der Waals surface area (Å²) in [5, 5.41) is 4.17. The molecule has 1 atom stereocenters. The molecule has 4 aromatic rings. The Morgan fingerprint density at radius 3 is 3.00 bits per heavy atom. The van der Waals surface area contributed by atoms with E-state index in [-0.39, 0.29) is 17.1 Å². The highest BCUT2D eigenvalue weighted by molar-refractivity contribution is 8.00. The topological polar surface area (TPSA) is 122 Å². The number of nitrogen functional groups attached to an aromatic ring is 1. The van der Waals surface area contributed by atoms with Gasteiger partial charge in [-0.05, 0) is 18.6 Å². The van der Waals surface area contributed by atoms with Crippen molar-refractivity contribution in [1.29, 1.82) is 0 Å². The van der Waals surface area contributed by atoms with Crippen molar-refractivity contribution in [2.24, 2.45) is 0 Å². The number of aromatic nitrogens is 5. The van der Waals surface area contributed by atoms with Gasteiger partial charge in [0.25, 0.3) is 0 Å². The zero-order valence-electron chi connectivity index (χ0n) is 14.5. The Balaban J connectivity index is 1.56. The van der Waals surface area contributed by atoms with E-state index in [1.54, 1.807) is 6.20 Å². The number of imidazole rings is 1. The number of anilines is 2. The minimum Gasteiger partial charge on any atom is -0.368 e. The zero-order chi connectivity index (χ0) is 18.8. The molecular formula is C18H17N7OS. The predicted octanol–water partition coefficient (Wildman–Crippen LogP) is 2.99. The molecule has 1 amide bonds. The lowest BCUT2D eigenvalue weighted by atomic mass is 10.2. The van der Waals surface area contributed by atoms with E-state index >= 15 is 0 Å². The van der Waals surface area contributed by atoms with Crippen molar-refractivity contribution in [3.8, 4) is 0 Å². The number of benzene rings is 1. The maximum absolute atomic E-state index is 12.8. The number of aromatic amines is 1. The van der Waals surface area contributed by atoms with Crippen LogP contribution in [0.5, 0.6) is 0 Å². The second-order valence-corrected chi connectivity index (χ2v) is 7.10. The number of hydrogen-bond donors (Lipinski definition) is 3. The molecule has 27 heavy (non-hydrogen) atoms. The van der Waals surface area contributed by atoms with Gasteiger partial charge in [0.2, 0.25) is 11.9 Å². The summed E-state index contributed by atoms with van der Waals surface area (Å²) >= 11 is 1.33. The summed E-state index contributed by atoms with van der Waals surface area (Å²) in [6, 6.07) is 9.67. The van der Waals surface area contributed by atoms with E-state index in [4.69, 9.17) is 5.73 Å². The lowest BCUT2D eigenvalue weighted by molar-refractivity contribution is -0.115. The molecular weight excluding hydrogens is 362 g/mol. The summed E-state index contributed by atoms with van der Waals surface area (Å²) in [4.78, 5) is 32.6. The van der Waals surface area contributed by atoms with Crippen LogP contribution >= 0.6 is 11.8 Å². The number of amides is 1. The normalized spacial score (nSPS) is 12.3. The molecule has 0 bridgehead atoms. The third-order valence-corrected chi connectivity index (χ3v) is 5.40. The Labute approximate surface area is 159 Å². The van der Waals surface area contributed by atoms with Gasteiger partial charge in [-0.3, -0.25) is 9.78 Å². The number of carbonyl (C=O) groups is 1. The number of pyridine rings is 1. The molecule has 0 aliphatic carbocycles. The molecule has 0 fully saturated rings. The van der Waals surface area contributed by atoms with E-state index < -0.39 is 0 Å². The maximum atomic E-state index is 12.8. The summed E-state index contributed by atoms with van der Waals surface area (Å²) in [5.41, 5.74) is 8.46. The van der Waals surface area contributed by atoms with Gasteiger partial charge < -0.3 is 16.0 Å². The van der Waals surface area contributed by atoms with Crippen LogP contribution in [0.3, 0.4) is 0 Å². The second kappa shape index (κ2) is 7.20. The van der Waals surface area contributed by atoms with Crippen LogP contribution in [0.4, 0.5) is 11.6 Å². The lowest BCUT2D eigenvalue weighted by Gasteiger charge is -2.15. The van der Waals surface area contributed by atoms with Crippen LogP contribution in [0.25, 0.3) is 22.1 Å². The minimum absolute atomic E-state index is 0.121. The van der Waals surface area contributed by atoms with Crippen LogP contribution in [0, 0.1) is 0 Å². The number of fused-ring (bicyclic) bond motifs is 2. The molecule has 0 spiro atoms. The summed E-state index contributed by atoms with van der Waals surface area (Å²) in [5.74, 6) is 0.00974. The molecule has 3 aromatic heterocycles. The Bertz CT molecular complexity index is 1130. The number of carbonyl (C=O) groups excluding carboxylic acids is 1. The fourth-order valence-corrected chi connectivity index (χ4v) is 3.74. The third-order valence-electron chi connectivity index (χ3n) is 4.04. The van der Waals surface area contributed by atoms with Crippen molar-refractivity contribution >= 4 is 51.4 Å². The summed E-state index contributed by atoms with van der Waals surface area (Å²) in [6.45, 7) is 1.95. The molecule has 4 N–H and O–H groups in total. The SMILES string of the molecule is CC[C@@H](Sc1nc(N)nc2nc[nH]c12)C(=O)Nc1cnc2ccccc2c1. The minimum atomic E-state index is -0.350. The summed E-state index contributed by atoms with van der Waals surface area (Å²) < 4.78 is 0. The molecule has 4 rings (SSSR count). The Kier molecular flexibility index (Phi) is 4.59. The quantitative estimate of drug-likeness (QED) is 0.360. The molecule has 9 heteroatoms. The van der Waals surface area contributed by atoms with Gasteiger partial charge in [0.15, 0.2) is 5.65 Å². The van der Waals surface area contributed by atoms with E-state index in [0.717, 1.165) is 10.9 Å². The highest BCUT2D eigenvalue weighted by atomic mass is 32.2. The van der Waals surface area contributed by atoms with Gasteiger partial charge in [-0.2, -0.15) is 4.98 Å². The average Bonchev–Trinajstić information content (AvgIpc) is 3.14. The van der Waals surface area contributed by atoms with Gasteiger partial charge in [0, 0.05) is 5.39 Å². The monoisotopic (exact) mass is 379 g/mol. The van der Waals surface area contributed by atoms with Gasteiger partial charge >= 0.3 is 0 Å². The van der Waals surface area contributed by atoms with Crippen molar-refractivity contribution in [2.45, 2.75) is 23.6 Å².